The zero-order valence-electron chi connectivity index (χ0n) is 17.7. The molecule has 1 spiro atoms. The van der Waals surface area contributed by atoms with Gasteiger partial charge in [0.15, 0.2) is 0 Å². The Morgan fingerprint density at radius 2 is 2.00 bits per heavy atom. The summed E-state index contributed by atoms with van der Waals surface area (Å²) in [5.41, 5.74) is 1.14. The largest absolute Gasteiger partial charge is 0.469 e. The molecule has 0 radical (unpaired) electrons. The van der Waals surface area contributed by atoms with Crippen LogP contribution in [0.3, 0.4) is 0 Å². The molecule has 2 N–H and O–H groups in total. The maximum atomic E-state index is 14.3. The van der Waals surface area contributed by atoms with Crippen molar-refractivity contribution >= 4 is 23.5 Å². The SMILES string of the molecule is COC(=O)Cc1[nH]nc2c1C1(C(=O)N(Cc3ccccc3)c3ccccc31)C(C#N)C(=N)O2. The van der Waals surface area contributed by atoms with Crippen molar-refractivity contribution in [2.45, 2.75) is 18.4 Å². The van der Waals surface area contributed by atoms with Crippen molar-refractivity contribution < 1.29 is 19.1 Å². The van der Waals surface area contributed by atoms with E-state index in [-0.39, 0.29) is 30.7 Å². The van der Waals surface area contributed by atoms with Crippen molar-refractivity contribution in [3.05, 3.63) is 77.0 Å². The zero-order valence-corrected chi connectivity index (χ0v) is 17.7. The molecule has 3 heterocycles. The lowest BCUT2D eigenvalue weighted by atomic mass is 9.65. The van der Waals surface area contributed by atoms with E-state index >= 15 is 0 Å². The van der Waals surface area contributed by atoms with Crippen molar-refractivity contribution in [3.8, 4) is 11.9 Å². The number of aromatic amines is 1. The molecule has 0 bridgehead atoms. The minimum atomic E-state index is -1.58. The van der Waals surface area contributed by atoms with E-state index in [0.29, 0.717) is 22.5 Å². The van der Waals surface area contributed by atoms with E-state index in [1.165, 1.54) is 7.11 Å². The minimum Gasteiger partial charge on any atom is -0.469 e. The number of anilines is 1. The van der Waals surface area contributed by atoms with E-state index in [0.717, 1.165) is 5.56 Å². The number of aromatic nitrogens is 2. The number of nitrogens with one attached hydrogen (secondary N) is 2. The van der Waals surface area contributed by atoms with E-state index in [2.05, 4.69) is 16.3 Å². The Morgan fingerprint density at radius 1 is 1.27 bits per heavy atom. The Bertz CT molecular complexity index is 1330. The maximum Gasteiger partial charge on any atom is 0.311 e. The number of nitrogens with zero attached hydrogens (tertiary/aromatic N) is 3. The Morgan fingerprint density at radius 3 is 2.73 bits per heavy atom. The minimum absolute atomic E-state index is 0.00937. The lowest BCUT2D eigenvalue weighted by Gasteiger charge is -2.36. The average Bonchev–Trinajstić information content (AvgIpc) is 3.33. The standard InChI is InChI=1S/C24H19N5O4/c1-32-19(30)11-17-20-22(28-27-17)33-21(26)16(12-25)24(20)15-9-5-6-10-18(15)29(23(24)31)13-14-7-3-2-4-8-14/h2-10,16,26H,11,13H2,1H3,(H,27,28). The van der Waals surface area contributed by atoms with E-state index in [9.17, 15) is 14.9 Å². The number of hydrogen-bond acceptors (Lipinski definition) is 7. The summed E-state index contributed by atoms with van der Waals surface area (Å²) >= 11 is 0. The van der Waals surface area contributed by atoms with Gasteiger partial charge in [-0.3, -0.25) is 20.1 Å². The molecule has 2 atom stereocenters. The number of H-pyrrole nitrogens is 1. The number of amides is 1. The van der Waals surface area contributed by atoms with E-state index < -0.39 is 17.3 Å². The molecule has 0 fully saturated rings. The predicted octanol–water partition coefficient (Wildman–Crippen LogP) is 2.47. The zero-order chi connectivity index (χ0) is 23.2. The second-order valence-electron chi connectivity index (χ2n) is 7.87. The Labute approximate surface area is 189 Å². The summed E-state index contributed by atoms with van der Waals surface area (Å²) in [6, 6.07) is 18.8. The van der Waals surface area contributed by atoms with Crippen molar-refractivity contribution in [1.29, 1.82) is 10.7 Å². The molecule has 2 aromatic carbocycles. The topological polar surface area (TPSA) is 132 Å². The third-order valence-electron chi connectivity index (χ3n) is 6.17. The van der Waals surface area contributed by atoms with Gasteiger partial charge in [0.1, 0.15) is 11.3 Å². The van der Waals surface area contributed by atoms with Gasteiger partial charge < -0.3 is 14.4 Å². The summed E-state index contributed by atoms with van der Waals surface area (Å²) in [7, 11) is 1.27. The molecule has 1 amide bonds. The van der Waals surface area contributed by atoms with E-state index in [4.69, 9.17) is 14.9 Å². The van der Waals surface area contributed by atoms with Crippen LogP contribution >= 0.6 is 0 Å². The van der Waals surface area contributed by atoms with E-state index in [1.807, 2.05) is 42.5 Å². The normalized spacial score (nSPS) is 20.7. The molecule has 0 saturated heterocycles. The molecule has 0 saturated carbocycles. The fraction of sp³-hybridized carbons (Fsp3) is 0.208. The molecule has 2 aliphatic rings. The van der Waals surface area contributed by atoms with Gasteiger partial charge in [0, 0.05) is 5.69 Å². The van der Waals surface area contributed by atoms with Crippen LogP contribution in [-0.2, 0) is 32.7 Å². The third kappa shape index (κ3) is 2.84. The summed E-state index contributed by atoms with van der Waals surface area (Å²) in [6.45, 7) is 0.282. The van der Waals surface area contributed by atoms with Gasteiger partial charge in [0.25, 0.3) is 0 Å². The van der Waals surface area contributed by atoms with Crippen LogP contribution in [0, 0.1) is 22.7 Å². The van der Waals surface area contributed by atoms with Crippen LogP contribution < -0.4 is 9.64 Å². The molecule has 1 aromatic heterocycles. The monoisotopic (exact) mass is 441 g/mol. The summed E-state index contributed by atoms with van der Waals surface area (Å²) in [6.07, 6.45) is -0.191. The molecular weight excluding hydrogens is 422 g/mol. The second-order valence-corrected chi connectivity index (χ2v) is 7.87. The first kappa shape index (κ1) is 20.5. The van der Waals surface area contributed by atoms with Crippen LogP contribution in [0.25, 0.3) is 0 Å². The lowest BCUT2D eigenvalue weighted by Crippen LogP contribution is -2.52. The van der Waals surface area contributed by atoms with Crippen molar-refractivity contribution in [3.63, 3.8) is 0 Å². The second kappa shape index (κ2) is 7.60. The highest BCUT2D eigenvalue weighted by Crippen LogP contribution is 2.56. The van der Waals surface area contributed by atoms with Gasteiger partial charge in [-0.25, -0.2) is 0 Å². The Hall–Kier alpha value is -4.45. The summed E-state index contributed by atoms with van der Waals surface area (Å²) < 4.78 is 10.3. The summed E-state index contributed by atoms with van der Waals surface area (Å²) in [4.78, 5) is 28.0. The number of methoxy groups -OCH3 is 1. The number of ether oxygens (including phenoxy) is 2. The number of benzene rings is 2. The first-order chi connectivity index (χ1) is 16.0. The number of esters is 1. The Balaban J connectivity index is 1.76. The first-order valence-electron chi connectivity index (χ1n) is 10.3. The van der Waals surface area contributed by atoms with Gasteiger partial charge in [-0.05, 0) is 17.2 Å². The summed E-state index contributed by atoms with van der Waals surface area (Å²) in [5.74, 6) is -2.51. The maximum absolute atomic E-state index is 14.3. The van der Waals surface area contributed by atoms with Gasteiger partial charge in [-0.2, -0.15) is 5.26 Å². The van der Waals surface area contributed by atoms with Crippen molar-refractivity contribution in [1.82, 2.24) is 10.2 Å². The first-order valence-corrected chi connectivity index (χ1v) is 10.3. The smallest absolute Gasteiger partial charge is 0.311 e. The van der Waals surface area contributed by atoms with Gasteiger partial charge >= 0.3 is 5.97 Å². The highest BCUT2D eigenvalue weighted by atomic mass is 16.5. The fourth-order valence-electron chi connectivity index (χ4n) is 4.77. The molecule has 9 nitrogen and oxygen atoms in total. The Kier molecular flexibility index (Phi) is 4.71. The van der Waals surface area contributed by atoms with Crippen LogP contribution in [-0.4, -0.2) is 35.1 Å². The molecule has 33 heavy (non-hydrogen) atoms. The van der Waals surface area contributed by atoms with Crippen LogP contribution in [0.4, 0.5) is 5.69 Å². The van der Waals surface area contributed by atoms with E-state index in [1.54, 1.807) is 17.0 Å². The van der Waals surface area contributed by atoms with Crippen LogP contribution in [0.5, 0.6) is 5.88 Å². The molecule has 3 aromatic rings. The number of rotatable bonds is 4. The number of nitriles is 1. The molecular formula is C24H19N5O4. The van der Waals surface area contributed by atoms with Crippen LogP contribution in [0.2, 0.25) is 0 Å². The average molecular weight is 441 g/mol. The molecule has 5 rings (SSSR count). The molecule has 0 aliphatic carbocycles. The highest BCUT2D eigenvalue weighted by molar-refractivity contribution is 6.15. The predicted molar refractivity (Wildman–Crippen MR) is 117 cm³/mol. The highest BCUT2D eigenvalue weighted by Gasteiger charge is 2.64. The van der Waals surface area contributed by atoms with Gasteiger partial charge in [0.05, 0.1) is 37.4 Å². The van der Waals surface area contributed by atoms with Crippen molar-refractivity contribution in [2.24, 2.45) is 5.92 Å². The van der Waals surface area contributed by atoms with Crippen LogP contribution in [0.15, 0.2) is 54.6 Å². The lowest BCUT2D eigenvalue weighted by molar-refractivity contribution is -0.140. The number of fused-ring (bicyclic) bond motifs is 4. The number of para-hydroxylation sites is 1. The van der Waals surface area contributed by atoms with Gasteiger partial charge in [-0.1, -0.05) is 48.5 Å². The van der Waals surface area contributed by atoms with Gasteiger partial charge in [0.2, 0.25) is 17.7 Å². The number of carbonyl (C=O) groups is 2. The molecule has 9 heteroatoms. The molecule has 2 aliphatic heterocycles. The molecule has 2 unspecified atom stereocenters. The number of hydrogen-bond donors (Lipinski definition) is 2. The third-order valence-corrected chi connectivity index (χ3v) is 6.17. The van der Waals surface area contributed by atoms with Crippen LogP contribution in [0.1, 0.15) is 22.4 Å². The van der Waals surface area contributed by atoms with Crippen molar-refractivity contribution in [2.75, 3.05) is 12.0 Å². The van der Waals surface area contributed by atoms with Gasteiger partial charge in [-0.15, -0.1) is 5.10 Å². The number of carbonyl (C=O) groups excluding carboxylic acids is 2. The summed E-state index contributed by atoms with van der Waals surface area (Å²) in [5, 5.41) is 25.4. The molecule has 164 valence electrons. The quantitative estimate of drug-likeness (QED) is 0.598. The fourth-order valence-corrected chi connectivity index (χ4v) is 4.77.